The van der Waals surface area contributed by atoms with Gasteiger partial charge >= 0.3 is 0 Å². The lowest BCUT2D eigenvalue weighted by Crippen LogP contribution is -2.17. The molecule has 1 fully saturated rings. The summed E-state index contributed by atoms with van der Waals surface area (Å²) in [4.78, 5) is 11.3. The molecule has 0 unspecified atom stereocenters. The highest BCUT2D eigenvalue weighted by molar-refractivity contribution is 5.62. The van der Waals surface area contributed by atoms with Gasteiger partial charge in [-0.25, -0.2) is 4.98 Å². The summed E-state index contributed by atoms with van der Waals surface area (Å²) in [5.41, 5.74) is 4.49. The Hall–Kier alpha value is -3.08. The van der Waals surface area contributed by atoms with E-state index in [2.05, 4.69) is 68.8 Å². The van der Waals surface area contributed by atoms with Gasteiger partial charge in [-0.2, -0.15) is 4.98 Å². The van der Waals surface area contributed by atoms with Crippen LogP contribution in [0.5, 0.6) is 0 Å². The SMILES string of the molecule is Cc1cccc(Nc2nccc(Nc3ccc(N4CCCC4)cc3)n2)c1. The number of anilines is 5. The number of nitrogens with zero attached hydrogens (tertiary/aromatic N) is 3. The van der Waals surface area contributed by atoms with Crippen molar-refractivity contribution < 1.29 is 0 Å². The van der Waals surface area contributed by atoms with Crippen LogP contribution in [0.15, 0.2) is 60.8 Å². The monoisotopic (exact) mass is 345 g/mol. The first-order chi connectivity index (χ1) is 12.8. The van der Waals surface area contributed by atoms with Crippen molar-refractivity contribution >= 4 is 28.8 Å². The molecule has 0 saturated carbocycles. The van der Waals surface area contributed by atoms with Crippen molar-refractivity contribution in [2.45, 2.75) is 19.8 Å². The molecule has 0 atom stereocenters. The van der Waals surface area contributed by atoms with Crippen LogP contribution in [0.1, 0.15) is 18.4 Å². The van der Waals surface area contributed by atoms with Crippen LogP contribution in [0, 0.1) is 6.92 Å². The van der Waals surface area contributed by atoms with E-state index in [4.69, 9.17) is 0 Å². The third-order valence-electron chi connectivity index (χ3n) is 4.54. The van der Waals surface area contributed by atoms with E-state index in [0.717, 1.165) is 30.3 Å². The molecule has 0 spiro atoms. The zero-order valence-corrected chi connectivity index (χ0v) is 14.9. The molecule has 0 aliphatic carbocycles. The van der Waals surface area contributed by atoms with Gasteiger partial charge in [-0.15, -0.1) is 0 Å². The van der Waals surface area contributed by atoms with E-state index in [1.54, 1.807) is 6.20 Å². The molecule has 3 aromatic rings. The third kappa shape index (κ3) is 3.94. The predicted octanol–water partition coefficient (Wildman–Crippen LogP) is 4.87. The van der Waals surface area contributed by atoms with Gasteiger partial charge in [0, 0.05) is 36.3 Å². The van der Waals surface area contributed by atoms with Crippen molar-refractivity contribution in [2.75, 3.05) is 28.6 Å². The first-order valence-corrected chi connectivity index (χ1v) is 9.05. The van der Waals surface area contributed by atoms with Gasteiger partial charge in [0.2, 0.25) is 5.95 Å². The third-order valence-corrected chi connectivity index (χ3v) is 4.54. The number of benzene rings is 2. The second kappa shape index (κ2) is 7.44. The summed E-state index contributed by atoms with van der Waals surface area (Å²) in [5, 5.41) is 6.60. The zero-order valence-electron chi connectivity index (χ0n) is 14.9. The van der Waals surface area contributed by atoms with Crippen LogP contribution in [0.25, 0.3) is 0 Å². The first kappa shape index (κ1) is 16.4. The van der Waals surface area contributed by atoms with Crippen LogP contribution in [-0.4, -0.2) is 23.1 Å². The van der Waals surface area contributed by atoms with E-state index in [9.17, 15) is 0 Å². The van der Waals surface area contributed by atoms with Crippen molar-refractivity contribution in [3.63, 3.8) is 0 Å². The molecule has 2 N–H and O–H groups in total. The summed E-state index contributed by atoms with van der Waals surface area (Å²) >= 11 is 0. The van der Waals surface area contributed by atoms with Crippen molar-refractivity contribution in [1.29, 1.82) is 0 Å². The van der Waals surface area contributed by atoms with E-state index < -0.39 is 0 Å². The molecule has 5 heteroatoms. The highest BCUT2D eigenvalue weighted by Gasteiger charge is 2.11. The summed E-state index contributed by atoms with van der Waals surface area (Å²) in [6.45, 7) is 4.38. The van der Waals surface area contributed by atoms with Gasteiger partial charge < -0.3 is 15.5 Å². The number of aromatic nitrogens is 2. The van der Waals surface area contributed by atoms with Crippen LogP contribution in [0.2, 0.25) is 0 Å². The molecule has 1 aliphatic heterocycles. The summed E-state index contributed by atoms with van der Waals surface area (Å²) < 4.78 is 0. The molecule has 26 heavy (non-hydrogen) atoms. The molecule has 1 aromatic heterocycles. The summed E-state index contributed by atoms with van der Waals surface area (Å²) in [6.07, 6.45) is 4.33. The Morgan fingerprint density at radius 2 is 1.69 bits per heavy atom. The molecule has 0 radical (unpaired) electrons. The molecule has 1 saturated heterocycles. The largest absolute Gasteiger partial charge is 0.372 e. The molecule has 2 aromatic carbocycles. The Kier molecular flexibility index (Phi) is 4.69. The maximum atomic E-state index is 4.55. The molecule has 132 valence electrons. The van der Waals surface area contributed by atoms with Crippen LogP contribution < -0.4 is 15.5 Å². The van der Waals surface area contributed by atoms with Gasteiger partial charge in [-0.3, -0.25) is 0 Å². The summed E-state index contributed by atoms with van der Waals surface area (Å²) in [5.74, 6) is 1.35. The Labute approximate surface area is 154 Å². The minimum Gasteiger partial charge on any atom is -0.372 e. The summed E-state index contributed by atoms with van der Waals surface area (Å²) in [7, 11) is 0. The normalized spacial score (nSPS) is 13.7. The topological polar surface area (TPSA) is 53.1 Å². The number of hydrogen-bond acceptors (Lipinski definition) is 5. The van der Waals surface area contributed by atoms with Crippen molar-refractivity contribution in [3.05, 3.63) is 66.4 Å². The van der Waals surface area contributed by atoms with E-state index in [1.165, 1.54) is 24.1 Å². The Morgan fingerprint density at radius 1 is 0.885 bits per heavy atom. The maximum absolute atomic E-state index is 4.55. The molecular formula is C21H23N5. The minimum atomic E-state index is 0.578. The molecule has 5 nitrogen and oxygen atoms in total. The zero-order chi connectivity index (χ0) is 17.8. The molecule has 0 amide bonds. The Bertz CT molecular complexity index is 870. The number of nitrogens with one attached hydrogen (secondary N) is 2. The number of rotatable bonds is 5. The van der Waals surface area contributed by atoms with Crippen LogP contribution in [0.3, 0.4) is 0 Å². The molecule has 0 bridgehead atoms. The average Bonchev–Trinajstić information content (AvgIpc) is 3.17. The van der Waals surface area contributed by atoms with Gasteiger partial charge in [0.15, 0.2) is 0 Å². The summed E-state index contributed by atoms with van der Waals surface area (Å²) in [6, 6.07) is 18.6. The van der Waals surface area contributed by atoms with Crippen molar-refractivity contribution in [2.24, 2.45) is 0 Å². The van der Waals surface area contributed by atoms with E-state index >= 15 is 0 Å². The van der Waals surface area contributed by atoms with Gasteiger partial charge in [0.25, 0.3) is 0 Å². The minimum absolute atomic E-state index is 0.578. The van der Waals surface area contributed by atoms with E-state index in [1.807, 2.05) is 18.2 Å². The first-order valence-electron chi connectivity index (χ1n) is 9.05. The lowest BCUT2D eigenvalue weighted by molar-refractivity contribution is 0.949. The van der Waals surface area contributed by atoms with E-state index in [-0.39, 0.29) is 0 Å². The van der Waals surface area contributed by atoms with Crippen LogP contribution in [-0.2, 0) is 0 Å². The van der Waals surface area contributed by atoms with Crippen molar-refractivity contribution in [3.8, 4) is 0 Å². The van der Waals surface area contributed by atoms with Gasteiger partial charge in [0.05, 0.1) is 0 Å². The molecular weight excluding hydrogens is 322 g/mol. The highest BCUT2D eigenvalue weighted by atomic mass is 15.1. The van der Waals surface area contributed by atoms with Gasteiger partial charge in [0.1, 0.15) is 5.82 Å². The highest BCUT2D eigenvalue weighted by Crippen LogP contribution is 2.24. The van der Waals surface area contributed by atoms with Crippen LogP contribution in [0.4, 0.5) is 28.8 Å². The number of aryl methyl sites for hydroxylation is 1. The second-order valence-electron chi connectivity index (χ2n) is 6.63. The fourth-order valence-electron chi connectivity index (χ4n) is 3.22. The number of hydrogen-bond donors (Lipinski definition) is 2. The van der Waals surface area contributed by atoms with Crippen LogP contribution >= 0.6 is 0 Å². The van der Waals surface area contributed by atoms with E-state index in [0.29, 0.717) is 5.95 Å². The van der Waals surface area contributed by atoms with Gasteiger partial charge in [-0.05, 0) is 67.8 Å². The van der Waals surface area contributed by atoms with Gasteiger partial charge in [-0.1, -0.05) is 12.1 Å². The fourth-order valence-corrected chi connectivity index (χ4v) is 3.22. The smallest absolute Gasteiger partial charge is 0.229 e. The Morgan fingerprint density at radius 3 is 2.46 bits per heavy atom. The molecule has 1 aliphatic rings. The Balaban J connectivity index is 1.45. The maximum Gasteiger partial charge on any atom is 0.229 e. The van der Waals surface area contributed by atoms with Crippen molar-refractivity contribution in [1.82, 2.24) is 9.97 Å². The lowest BCUT2D eigenvalue weighted by atomic mass is 10.2. The average molecular weight is 345 g/mol. The standard InChI is InChI=1S/C21H23N5/c1-16-5-4-6-18(15-16)24-21-22-12-11-20(25-21)23-17-7-9-19(10-8-17)26-13-2-3-14-26/h4-12,15H,2-3,13-14H2,1H3,(H2,22,23,24,25). The predicted molar refractivity (Wildman–Crippen MR) is 108 cm³/mol. The molecule has 2 heterocycles. The lowest BCUT2D eigenvalue weighted by Gasteiger charge is -2.18. The second-order valence-corrected chi connectivity index (χ2v) is 6.63. The quantitative estimate of drug-likeness (QED) is 0.691. The molecule has 4 rings (SSSR count). The fraction of sp³-hybridized carbons (Fsp3) is 0.238.